The molecular weight excluding hydrogens is 675 g/mol. The van der Waals surface area contributed by atoms with Crippen molar-refractivity contribution in [1.29, 1.82) is 0 Å². The van der Waals surface area contributed by atoms with E-state index in [2.05, 4.69) is 47.9 Å². The van der Waals surface area contributed by atoms with E-state index in [0.717, 1.165) is 39.7 Å². The largest absolute Gasteiger partial charge is 0.494 e. The Hall–Kier alpha value is -6.10. The minimum absolute atomic E-state index is 0.226. The molecule has 0 fully saturated rings. The highest BCUT2D eigenvalue weighted by molar-refractivity contribution is 6.21. The van der Waals surface area contributed by atoms with E-state index in [0.29, 0.717) is 76.4 Å². The van der Waals surface area contributed by atoms with Crippen LogP contribution in [0.1, 0.15) is 67.5 Å². The van der Waals surface area contributed by atoms with Gasteiger partial charge < -0.3 is 4.74 Å². The standard InChI is InChI=1S/C44H43N7O3/c52-43-41-17-1-2-18-42(41)44(53)51(43)23-11-12-24-54-40-26-34(28-49(30-36-13-3-7-19-45-36)31-37-14-4-8-20-46-37)25-35(27-40)29-50(32-38-15-5-9-21-47-38)33-39-16-6-10-22-48-39/h1-10,13-22,25-27H,11-12,23-24,28-33H2. The number of amides is 2. The number of hydrogen-bond donors (Lipinski definition) is 0. The molecule has 7 rings (SSSR count). The van der Waals surface area contributed by atoms with Crippen molar-refractivity contribution in [2.24, 2.45) is 0 Å². The number of aromatic nitrogens is 4. The Morgan fingerprint density at radius 2 is 0.889 bits per heavy atom. The number of unbranched alkanes of at least 4 members (excludes halogenated alkanes) is 1. The second kappa shape index (κ2) is 18.1. The average molecular weight is 718 g/mol. The van der Waals surface area contributed by atoms with Gasteiger partial charge >= 0.3 is 0 Å². The Bertz CT molecular complexity index is 1890. The molecule has 2 amide bonds. The summed E-state index contributed by atoms with van der Waals surface area (Å²) in [7, 11) is 0. The Morgan fingerprint density at radius 3 is 1.28 bits per heavy atom. The van der Waals surface area contributed by atoms with Gasteiger partial charge in [-0.2, -0.15) is 0 Å². The first-order valence-corrected chi connectivity index (χ1v) is 18.3. The smallest absolute Gasteiger partial charge is 0.261 e. The molecule has 0 unspecified atom stereocenters. The molecule has 272 valence electrons. The monoisotopic (exact) mass is 717 g/mol. The Balaban J connectivity index is 1.10. The van der Waals surface area contributed by atoms with E-state index in [-0.39, 0.29) is 11.8 Å². The average Bonchev–Trinajstić information content (AvgIpc) is 3.44. The number of ether oxygens (including phenoxy) is 1. The van der Waals surface area contributed by atoms with Gasteiger partial charge in [-0.25, -0.2) is 0 Å². The van der Waals surface area contributed by atoms with Crippen LogP contribution >= 0.6 is 0 Å². The van der Waals surface area contributed by atoms with Crippen molar-refractivity contribution in [2.75, 3.05) is 13.2 Å². The number of fused-ring (bicyclic) bond motifs is 1. The van der Waals surface area contributed by atoms with E-state index in [1.807, 2.05) is 97.6 Å². The van der Waals surface area contributed by atoms with Gasteiger partial charge in [0.05, 0.1) is 40.5 Å². The second-order valence-electron chi connectivity index (χ2n) is 13.4. The first-order valence-electron chi connectivity index (χ1n) is 18.3. The summed E-state index contributed by atoms with van der Waals surface area (Å²) in [5.74, 6) is 0.320. The van der Waals surface area contributed by atoms with E-state index >= 15 is 0 Å². The molecule has 54 heavy (non-hydrogen) atoms. The zero-order chi connectivity index (χ0) is 37.0. The molecule has 4 aromatic heterocycles. The van der Waals surface area contributed by atoms with Crippen LogP contribution < -0.4 is 4.74 Å². The summed E-state index contributed by atoms with van der Waals surface area (Å²) < 4.78 is 6.43. The van der Waals surface area contributed by atoms with Crippen LogP contribution in [0.2, 0.25) is 0 Å². The third-order valence-electron chi connectivity index (χ3n) is 9.21. The van der Waals surface area contributed by atoms with Crippen LogP contribution in [-0.4, -0.2) is 59.6 Å². The molecule has 0 saturated heterocycles. The maximum Gasteiger partial charge on any atom is 0.261 e. The van der Waals surface area contributed by atoms with Crippen molar-refractivity contribution < 1.29 is 14.3 Å². The molecule has 6 aromatic rings. The molecule has 0 radical (unpaired) electrons. The fourth-order valence-corrected chi connectivity index (χ4v) is 6.73. The van der Waals surface area contributed by atoms with Crippen molar-refractivity contribution in [3.05, 3.63) is 185 Å². The molecule has 0 saturated carbocycles. The Kier molecular flexibility index (Phi) is 12.2. The molecule has 10 heteroatoms. The molecule has 0 aliphatic carbocycles. The van der Waals surface area contributed by atoms with Crippen LogP contribution in [0.15, 0.2) is 140 Å². The van der Waals surface area contributed by atoms with E-state index in [1.54, 1.807) is 24.3 Å². The molecule has 10 nitrogen and oxygen atoms in total. The highest BCUT2D eigenvalue weighted by atomic mass is 16.5. The maximum atomic E-state index is 12.9. The summed E-state index contributed by atoms with van der Waals surface area (Å²) in [5.41, 5.74) is 7.10. The highest BCUT2D eigenvalue weighted by Gasteiger charge is 2.34. The van der Waals surface area contributed by atoms with Gasteiger partial charge in [-0.15, -0.1) is 0 Å². The van der Waals surface area contributed by atoms with Crippen LogP contribution in [0, 0.1) is 0 Å². The summed E-state index contributed by atoms with van der Waals surface area (Å²) in [6.45, 7) is 4.72. The van der Waals surface area contributed by atoms with Gasteiger partial charge in [0.1, 0.15) is 5.75 Å². The molecule has 0 atom stereocenters. The van der Waals surface area contributed by atoms with Crippen molar-refractivity contribution in [3.8, 4) is 5.75 Å². The van der Waals surface area contributed by atoms with Gasteiger partial charge in [0.25, 0.3) is 11.8 Å². The lowest BCUT2D eigenvalue weighted by Crippen LogP contribution is -2.30. The molecule has 2 aromatic carbocycles. The van der Waals surface area contributed by atoms with Crippen molar-refractivity contribution in [3.63, 3.8) is 0 Å². The number of imide groups is 1. The topological polar surface area (TPSA) is 105 Å². The van der Waals surface area contributed by atoms with Gasteiger partial charge in [-0.1, -0.05) is 42.5 Å². The quantitative estimate of drug-likeness (QED) is 0.0679. The molecule has 0 N–H and O–H groups in total. The summed E-state index contributed by atoms with van der Waals surface area (Å²) in [6.07, 6.45) is 8.63. The zero-order valence-corrected chi connectivity index (χ0v) is 30.2. The number of carbonyl (C=O) groups is 2. The zero-order valence-electron chi connectivity index (χ0n) is 30.2. The Morgan fingerprint density at radius 1 is 0.481 bits per heavy atom. The minimum Gasteiger partial charge on any atom is -0.494 e. The molecule has 0 bridgehead atoms. The predicted octanol–water partition coefficient (Wildman–Crippen LogP) is 7.13. The van der Waals surface area contributed by atoms with E-state index in [9.17, 15) is 9.59 Å². The van der Waals surface area contributed by atoms with Crippen molar-refractivity contribution >= 4 is 11.8 Å². The van der Waals surface area contributed by atoms with Gasteiger partial charge in [-0.3, -0.25) is 44.2 Å². The van der Waals surface area contributed by atoms with Crippen LogP contribution in [-0.2, 0) is 39.3 Å². The van der Waals surface area contributed by atoms with Gasteiger partial charge in [0, 0.05) is 70.6 Å². The SMILES string of the molecule is O=C1c2ccccc2C(=O)N1CCCCOc1cc(CN(Cc2ccccn2)Cc2ccccn2)cc(CN(Cc2ccccn2)Cc2ccccn2)c1. The molecule has 1 aliphatic heterocycles. The Labute approximate surface area is 316 Å². The number of nitrogens with zero attached hydrogens (tertiary/aromatic N) is 7. The number of benzene rings is 2. The fraction of sp³-hybridized carbons (Fsp3) is 0.227. The molecular formula is C44H43N7O3. The third kappa shape index (κ3) is 9.86. The first kappa shape index (κ1) is 36.3. The lowest BCUT2D eigenvalue weighted by atomic mass is 10.1. The number of rotatable bonds is 18. The second-order valence-corrected chi connectivity index (χ2v) is 13.4. The third-order valence-corrected chi connectivity index (χ3v) is 9.21. The highest BCUT2D eigenvalue weighted by Crippen LogP contribution is 2.25. The fourth-order valence-electron chi connectivity index (χ4n) is 6.73. The lowest BCUT2D eigenvalue weighted by molar-refractivity contribution is 0.0649. The maximum absolute atomic E-state index is 12.9. The normalized spacial score (nSPS) is 12.4. The number of hydrogen-bond acceptors (Lipinski definition) is 9. The summed E-state index contributed by atoms with van der Waals surface area (Å²) in [5, 5.41) is 0. The van der Waals surface area contributed by atoms with Crippen molar-refractivity contribution in [1.82, 2.24) is 34.6 Å². The number of carbonyl (C=O) groups excluding carboxylic acids is 2. The summed E-state index contributed by atoms with van der Waals surface area (Å²) in [4.78, 5) is 50.2. The van der Waals surface area contributed by atoms with Crippen LogP contribution in [0.4, 0.5) is 0 Å². The van der Waals surface area contributed by atoms with Gasteiger partial charge in [-0.05, 0) is 96.8 Å². The van der Waals surface area contributed by atoms with E-state index < -0.39 is 0 Å². The van der Waals surface area contributed by atoms with Crippen LogP contribution in [0.3, 0.4) is 0 Å². The van der Waals surface area contributed by atoms with Crippen molar-refractivity contribution in [2.45, 2.75) is 52.1 Å². The van der Waals surface area contributed by atoms with Crippen LogP contribution in [0.5, 0.6) is 5.75 Å². The van der Waals surface area contributed by atoms with Gasteiger partial charge in [0.2, 0.25) is 0 Å². The van der Waals surface area contributed by atoms with Crippen LogP contribution in [0.25, 0.3) is 0 Å². The molecule has 1 aliphatic rings. The predicted molar refractivity (Wildman–Crippen MR) is 206 cm³/mol. The van der Waals surface area contributed by atoms with E-state index in [1.165, 1.54) is 4.90 Å². The van der Waals surface area contributed by atoms with Gasteiger partial charge in [0.15, 0.2) is 0 Å². The first-order chi connectivity index (χ1) is 26.6. The summed E-state index contributed by atoms with van der Waals surface area (Å²) in [6, 6.07) is 37.4. The lowest BCUT2D eigenvalue weighted by Gasteiger charge is -2.25. The molecule has 5 heterocycles. The van der Waals surface area contributed by atoms with E-state index in [4.69, 9.17) is 4.74 Å². The minimum atomic E-state index is -0.226. The molecule has 0 spiro atoms. The summed E-state index contributed by atoms with van der Waals surface area (Å²) >= 11 is 0. The number of pyridine rings is 4.